The summed E-state index contributed by atoms with van der Waals surface area (Å²) in [6.45, 7) is 10.1. The number of aromatic nitrogens is 1. The first-order valence-corrected chi connectivity index (χ1v) is 14.4. The van der Waals surface area contributed by atoms with E-state index < -0.39 is 12.0 Å². The maximum Gasteiger partial charge on any atom is 0.338 e. The summed E-state index contributed by atoms with van der Waals surface area (Å²) in [5.74, 6) is -0.0867. The lowest BCUT2D eigenvalue weighted by Gasteiger charge is -2.25. The number of allylic oxidation sites excluding steroid dienone is 1. The number of hydrogen-bond acceptors (Lipinski definition) is 7. The molecule has 0 aliphatic carbocycles. The van der Waals surface area contributed by atoms with Crippen LogP contribution in [0, 0.1) is 0 Å². The molecule has 0 spiro atoms. The number of halogens is 1. The highest BCUT2D eigenvalue weighted by Gasteiger charge is 2.37. The molecule has 0 N–H and O–H groups in total. The Morgan fingerprint density at radius 2 is 1.85 bits per heavy atom. The molecule has 0 saturated heterocycles. The van der Waals surface area contributed by atoms with Crippen LogP contribution in [0.1, 0.15) is 51.8 Å². The quantitative estimate of drug-likeness (QED) is 0.393. The molecule has 1 aromatic heterocycles. The standard InChI is InChI=1S/C29H28BrN3O5S/c1-6-32-21-13-10-18(30)14-20(21)23(26(32)34)25-27(35)33-24(17-8-11-19(12-9-17)37-7-2)22(28(36)38-15(3)4)16(5)31-29(33)39-25/h8-15,24H,6-7H2,1-5H3/b25-23-/t24-/m1/s1. The summed E-state index contributed by atoms with van der Waals surface area (Å²) in [6.07, 6.45) is -0.350. The summed E-state index contributed by atoms with van der Waals surface area (Å²) in [4.78, 5) is 47.9. The molecule has 0 unspecified atom stereocenters. The number of thiazole rings is 1. The molecule has 202 valence electrons. The minimum atomic E-state index is -0.779. The van der Waals surface area contributed by atoms with E-state index in [-0.39, 0.29) is 27.7 Å². The van der Waals surface area contributed by atoms with Crippen molar-refractivity contribution < 1.29 is 19.1 Å². The van der Waals surface area contributed by atoms with Gasteiger partial charge >= 0.3 is 5.97 Å². The predicted molar refractivity (Wildman–Crippen MR) is 154 cm³/mol. The topological polar surface area (TPSA) is 90.2 Å². The van der Waals surface area contributed by atoms with Gasteiger partial charge in [0.15, 0.2) is 4.80 Å². The van der Waals surface area contributed by atoms with Crippen molar-refractivity contribution >= 4 is 50.4 Å². The van der Waals surface area contributed by atoms with Gasteiger partial charge in [0.25, 0.3) is 11.5 Å². The van der Waals surface area contributed by atoms with Gasteiger partial charge in [0.1, 0.15) is 10.3 Å². The average molecular weight is 611 g/mol. The van der Waals surface area contributed by atoms with Crippen molar-refractivity contribution in [3.8, 4) is 5.75 Å². The number of likely N-dealkylation sites (N-methyl/N-ethyl adjacent to an activating group) is 1. The summed E-state index contributed by atoms with van der Waals surface area (Å²) in [5.41, 5.74) is 2.86. The van der Waals surface area contributed by atoms with E-state index >= 15 is 0 Å². The number of carbonyl (C=O) groups is 2. The van der Waals surface area contributed by atoms with Gasteiger partial charge in [0.05, 0.1) is 41.3 Å². The van der Waals surface area contributed by atoms with Gasteiger partial charge in [-0.25, -0.2) is 9.79 Å². The average Bonchev–Trinajstić information content (AvgIpc) is 3.34. The fourth-order valence-corrected chi connectivity index (χ4v) is 6.47. The van der Waals surface area contributed by atoms with Gasteiger partial charge in [0, 0.05) is 16.6 Å². The first kappa shape index (κ1) is 27.1. The van der Waals surface area contributed by atoms with Crippen LogP contribution in [-0.2, 0) is 14.3 Å². The summed E-state index contributed by atoms with van der Waals surface area (Å²) in [7, 11) is 0. The molecular weight excluding hydrogens is 582 g/mol. The minimum Gasteiger partial charge on any atom is -0.494 e. The SMILES string of the molecule is CCOc1ccc([C@@H]2C(C(=O)OC(C)C)=C(C)N=c3s/c(=C4\C(=O)N(CC)c5ccc(Br)cc54)c(=O)n32)cc1. The van der Waals surface area contributed by atoms with Gasteiger partial charge in [-0.15, -0.1) is 0 Å². The van der Waals surface area contributed by atoms with Gasteiger partial charge in [-0.2, -0.15) is 0 Å². The number of nitrogens with zero attached hydrogens (tertiary/aromatic N) is 3. The Morgan fingerprint density at radius 3 is 2.49 bits per heavy atom. The number of anilines is 1. The molecule has 0 fully saturated rings. The lowest BCUT2D eigenvalue weighted by Crippen LogP contribution is -2.41. The molecule has 3 heterocycles. The number of ether oxygens (including phenoxy) is 2. The van der Waals surface area contributed by atoms with Crippen LogP contribution < -0.4 is 24.5 Å². The summed E-state index contributed by atoms with van der Waals surface area (Å²) < 4.78 is 13.8. The first-order chi connectivity index (χ1) is 18.7. The minimum absolute atomic E-state index is 0.233. The Morgan fingerprint density at radius 1 is 1.13 bits per heavy atom. The number of esters is 1. The zero-order valence-electron chi connectivity index (χ0n) is 22.3. The second-order valence-corrected chi connectivity index (χ2v) is 11.3. The van der Waals surface area contributed by atoms with Crippen molar-refractivity contribution in [2.45, 2.75) is 46.8 Å². The molecule has 2 aliphatic rings. The van der Waals surface area contributed by atoms with Gasteiger partial charge in [-0.3, -0.25) is 14.2 Å². The summed E-state index contributed by atoms with van der Waals surface area (Å²) in [6, 6.07) is 12.1. The largest absolute Gasteiger partial charge is 0.494 e. The van der Waals surface area contributed by atoms with Crippen LogP contribution in [0.15, 0.2) is 68.0 Å². The lowest BCUT2D eigenvalue weighted by atomic mass is 9.95. The fourth-order valence-electron chi connectivity index (χ4n) is 4.98. The van der Waals surface area contributed by atoms with Gasteiger partial charge in [-0.05, 0) is 70.5 Å². The third-order valence-electron chi connectivity index (χ3n) is 6.59. The Labute approximate surface area is 238 Å². The molecule has 0 bridgehead atoms. The number of carbonyl (C=O) groups excluding carboxylic acids is 2. The second-order valence-electron chi connectivity index (χ2n) is 9.44. The molecule has 0 saturated carbocycles. The van der Waals surface area contributed by atoms with Crippen molar-refractivity contribution in [2.75, 3.05) is 18.1 Å². The van der Waals surface area contributed by atoms with E-state index in [4.69, 9.17) is 9.47 Å². The van der Waals surface area contributed by atoms with E-state index in [0.717, 1.165) is 21.5 Å². The van der Waals surface area contributed by atoms with E-state index in [1.807, 2.05) is 56.3 Å². The van der Waals surface area contributed by atoms with Crippen LogP contribution >= 0.6 is 27.3 Å². The van der Waals surface area contributed by atoms with Crippen molar-refractivity contribution in [1.29, 1.82) is 0 Å². The van der Waals surface area contributed by atoms with Crippen LogP contribution in [0.25, 0.3) is 5.57 Å². The van der Waals surface area contributed by atoms with Crippen LogP contribution in [0.4, 0.5) is 5.69 Å². The highest BCUT2D eigenvalue weighted by Crippen LogP contribution is 2.37. The Kier molecular flexibility index (Phi) is 7.35. The van der Waals surface area contributed by atoms with Crippen molar-refractivity contribution in [1.82, 2.24) is 4.57 Å². The normalized spacial score (nSPS) is 17.8. The highest BCUT2D eigenvalue weighted by atomic mass is 79.9. The molecular formula is C29H28BrN3O5S. The van der Waals surface area contributed by atoms with Crippen LogP contribution in [-0.4, -0.2) is 35.7 Å². The fraction of sp³-hybridized carbons (Fsp3) is 0.310. The molecule has 1 atom stereocenters. The molecule has 2 aromatic carbocycles. The Hall–Kier alpha value is -3.50. The Balaban J connectivity index is 1.79. The maximum atomic E-state index is 14.2. The molecule has 1 amide bonds. The number of rotatable bonds is 6. The second kappa shape index (κ2) is 10.6. The lowest BCUT2D eigenvalue weighted by molar-refractivity contribution is -0.143. The van der Waals surface area contributed by atoms with Crippen LogP contribution in [0.5, 0.6) is 5.75 Å². The van der Waals surface area contributed by atoms with E-state index in [9.17, 15) is 14.4 Å². The summed E-state index contributed by atoms with van der Waals surface area (Å²) in [5, 5.41) is 0. The monoisotopic (exact) mass is 609 g/mol. The van der Waals surface area contributed by atoms with Crippen molar-refractivity contribution in [3.63, 3.8) is 0 Å². The van der Waals surface area contributed by atoms with Crippen molar-refractivity contribution in [2.24, 2.45) is 4.99 Å². The van der Waals surface area contributed by atoms with Crippen LogP contribution in [0.3, 0.4) is 0 Å². The van der Waals surface area contributed by atoms with Gasteiger partial charge < -0.3 is 14.4 Å². The third-order valence-corrected chi connectivity index (χ3v) is 8.13. The molecule has 5 rings (SSSR count). The van der Waals surface area contributed by atoms with E-state index in [1.165, 1.54) is 4.57 Å². The first-order valence-electron chi connectivity index (χ1n) is 12.8. The maximum absolute atomic E-state index is 14.2. The molecule has 2 aliphatic heterocycles. The molecule has 0 radical (unpaired) electrons. The molecule has 3 aromatic rings. The highest BCUT2D eigenvalue weighted by molar-refractivity contribution is 9.10. The zero-order valence-corrected chi connectivity index (χ0v) is 24.7. The zero-order chi connectivity index (χ0) is 28.0. The van der Waals surface area contributed by atoms with Crippen molar-refractivity contribution in [3.05, 3.63) is 89.0 Å². The number of hydrogen-bond donors (Lipinski definition) is 0. The van der Waals surface area contributed by atoms with Gasteiger partial charge in [0.2, 0.25) is 0 Å². The van der Waals surface area contributed by atoms with Gasteiger partial charge in [-0.1, -0.05) is 39.4 Å². The van der Waals surface area contributed by atoms with E-state index in [0.29, 0.717) is 46.1 Å². The van der Waals surface area contributed by atoms with Crippen LogP contribution in [0.2, 0.25) is 0 Å². The third kappa shape index (κ3) is 4.65. The van der Waals surface area contributed by atoms with E-state index in [1.54, 1.807) is 25.7 Å². The molecule has 10 heteroatoms. The Bertz CT molecular complexity index is 1700. The van der Waals surface area contributed by atoms with E-state index in [2.05, 4.69) is 20.9 Å². The molecule has 8 nitrogen and oxygen atoms in total. The summed E-state index contributed by atoms with van der Waals surface area (Å²) >= 11 is 4.66. The predicted octanol–water partition coefficient (Wildman–Crippen LogP) is 4.08. The number of benzene rings is 2. The number of fused-ring (bicyclic) bond motifs is 2. The number of amides is 1. The smallest absolute Gasteiger partial charge is 0.338 e. The molecule has 39 heavy (non-hydrogen) atoms.